The zero-order valence-electron chi connectivity index (χ0n) is 19.3. The Labute approximate surface area is 188 Å². The predicted octanol–water partition coefficient (Wildman–Crippen LogP) is 8.26. The van der Waals surface area contributed by atoms with Gasteiger partial charge in [0.05, 0.1) is 0 Å². The summed E-state index contributed by atoms with van der Waals surface area (Å²) < 4.78 is 0. The van der Waals surface area contributed by atoms with Crippen LogP contribution < -0.4 is 0 Å². The Kier molecular flexibility index (Phi) is 5.57. The van der Waals surface area contributed by atoms with Crippen molar-refractivity contribution >= 4 is 11.1 Å². The summed E-state index contributed by atoms with van der Waals surface area (Å²) in [5, 5.41) is 0. The second-order valence-electron chi connectivity index (χ2n) is 9.98. The van der Waals surface area contributed by atoms with E-state index < -0.39 is 0 Å². The van der Waals surface area contributed by atoms with Gasteiger partial charge >= 0.3 is 0 Å². The van der Waals surface area contributed by atoms with E-state index in [9.17, 15) is 0 Å². The average molecular weight is 407 g/mol. The van der Waals surface area contributed by atoms with Gasteiger partial charge in [-0.15, -0.1) is 0 Å². The van der Waals surface area contributed by atoms with Crippen molar-refractivity contribution in [2.75, 3.05) is 0 Å². The molecule has 0 bridgehead atoms. The molecule has 0 aromatic heterocycles. The molecule has 0 heteroatoms. The maximum Gasteiger partial charge on any atom is -0.00201 e. The second-order valence-corrected chi connectivity index (χ2v) is 9.98. The molecule has 3 aliphatic carbocycles. The smallest absolute Gasteiger partial charge is 0.00201 e. The van der Waals surface area contributed by atoms with Crippen LogP contribution in [0.1, 0.15) is 79.8 Å². The van der Waals surface area contributed by atoms with E-state index in [0.29, 0.717) is 0 Å². The van der Waals surface area contributed by atoms with E-state index in [1.54, 1.807) is 16.7 Å². The first-order chi connectivity index (χ1) is 15.1. The number of benzene rings is 2. The predicted molar refractivity (Wildman–Crippen MR) is 134 cm³/mol. The van der Waals surface area contributed by atoms with Gasteiger partial charge in [-0.2, -0.15) is 0 Å². The minimum Gasteiger partial charge on any atom is -0.0661 e. The maximum atomic E-state index is 2.48. The molecule has 5 rings (SSSR count). The van der Waals surface area contributed by atoms with E-state index in [-0.39, 0.29) is 0 Å². The van der Waals surface area contributed by atoms with Crippen LogP contribution in [0.25, 0.3) is 11.1 Å². The minimum absolute atomic E-state index is 0.733. The van der Waals surface area contributed by atoms with Crippen LogP contribution in [0, 0.1) is 5.92 Å². The van der Waals surface area contributed by atoms with Gasteiger partial charge in [0.15, 0.2) is 0 Å². The molecule has 0 nitrogen and oxygen atoms in total. The molecular weight excluding hydrogens is 372 g/mol. The molecule has 2 aromatic rings. The Hall–Kier alpha value is -2.60. The first-order valence-electron chi connectivity index (χ1n) is 12.1. The Morgan fingerprint density at radius 2 is 1.26 bits per heavy atom. The third-order valence-electron chi connectivity index (χ3n) is 7.20. The summed E-state index contributed by atoms with van der Waals surface area (Å²) in [5.74, 6) is 0.733. The van der Waals surface area contributed by atoms with E-state index in [4.69, 9.17) is 0 Å². The zero-order chi connectivity index (χ0) is 21.4. The number of allylic oxidation sites excluding steroid dienone is 8. The molecule has 0 saturated heterocycles. The Morgan fingerprint density at radius 3 is 1.94 bits per heavy atom. The molecule has 0 heterocycles. The summed E-state index contributed by atoms with van der Waals surface area (Å²) in [7, 11) is 0. The first kappa shape index (κ1) is 20.3. The number of aryl methyl sites for hydroxylation is 2. The van der Waals surface area contributed by atoms with Crippen molar-refractivity contribution in [3.63, 3.8) is 0 Å². The Morgan fingerprint density at radius 1 is 0.645 bits per heavy atom. The van der Waals surface area contributed by atoms with Gasteiger partial charge in [-0.25, -0.2) is 0 Å². The van der Waals surface area contributed by atoms with Gasteiger partial charge in [0.2, 0.25) is 0 Å². The van der Waals surface area contributed by atoms with Crippen LogP contribution in [-0.4, -0.2) is 0 Å². The molecule has 31 heavy (non-hydrogen) atoms. The monoisotopic (exact) mass is 406 g/mol. The van der Waals surface area contributed by atoms with E-state index in [1.165, 1.54) is 45.4 Å². The Balaban J connectivity index is 1.35. The highest BCUT2D eigenvalue weighted by Crippen LogP contribution is 2.35. The number of hydrogen-bond acceptors (Lipinski definition) is 0. The van der Waals surface area contributed by atoms with Crippen LogP contribution in [0.3, 0.4) is 0 Å². The molecule has 0 unspecified atom stereocenters. The van der Waals surface area contributed by atoms with Crippen molar-refractivity contribution in [3.05, 3.63) is 105 Å². The van der Waals surface area contributed by atoms with Gasteiger partial charge in [-0.3, -0.25) is 0 Å². The lowest BCUT2D eigenvalue weighted by Crippen LogP contribution is -1.96. The van der Waals surface area contributed by atoms with Crippen LogP contribution in [0.5, 0.6) is 0 Å². The maximum absolute atomic E-state index is 2.48. The number of rotatable bonds is 5. The van der Waals surface area contributed by atoms with Crippen molar-refractivity contribution in [2.45, 2.75) is 65.7 Å². The van der Waals surface area contributed by atoms with Gasteiger partial charge in [-0.1, -0.05) is 92.6 Å². The highest BCUT2D eigenvalue weighted by molar-refractivity contribution is 5.74. The lowest BCUT2D eigenvalue weighted by Gasteiger charge is -2.12. The second kappa shape index (κ2) is 8.50. The SMILES string of the molecule is CCC1=CC=C(c2ccc3c(c2)CCc2ccc(C4=CC=C(CC(C)C)C4)cc2C3)C1. The van der Waals surface area contributed by atoms with Crippen molar-refractivity contribution < 1.29 is 0 Å². The molecule has 2 aromatic carbocycles. The summed E-state index contributed by atoms with van der Waals surface area (Å²) in [5.41, 5.74) is 15.1. The molecular formula is C31H34. The highest BCUT2D eigenvalue weighted by atomic mass is 14.2. The highest BCUT2D eigenvalue weighted by Gasteiger charge is 2.18. The summed E-state index contributed by atoms with van der Waals surface area (Å²) in [6.45, 7) is 6.88. The van der Waals surface area contributed by atoms with Crippen LogP contribution >= 0.6 is 0 Å². The molecule has 0 N–H and O–H groups in total. The van der Waals surface area contributed by atoms with Gasteiger partial charge in [0.1, 0.15) is 0 Å². The fraction of sp³-hybridized carbons (Fsp3) is 0.355. The van der Waals surface area contributed by atoms with Crippen molar-refractivity contribution in [1.29, 1.82) is 0 Å². The van der Waals surface area contributed by atoms with Crippen LogP contribution in [0.15, 0.2) is 71.8 Å². The molecule has 158 valence electrons. The van der Waals surface area contributed by atoms with E-state index >= 15 is 0 Å². The zero-order valence-corrected chi connectivity index (χ0v) is 19.3. The first-order valence-corrected chi connectivity index (χ1v) is 12.1. The third-order valence-corrected chi connectivity index (χ3v) is 7.20. The summed E-state index contributed by atoms with van der Waals surface area (Å²) in [4.78, 5) is 0. The fourth-order valence-corrected chi connectivity index (χ4v) is 5.41. The molecule has 0 atom stereocenters. The topological polar surface area (TPSA) is 0 Å². The summed E-state index contributed by atoms with van der Waals surface area (Å²) in [6, 6.07) is 14.5. The number of fused-ring (bicyclic) bond motifs is 2. The molecule has 0 amide bonds. The normalized spacial score (nSPS) is 17.5. The summed E-state index contributed by atoms with van der Waals surface area (Å²) in [6.07, 6.45) is 17.3. The van der Waals surface area contributed by atoms with E-state index in [1.807, 2.05) is 0 Å². The van der Waals surface area contributed by atoms with Gasteiger partial charge in [0, 0.05) is 0 Å². The standard InChI is InChI=1S/C31H34/c1-4-22-5-7-25(16-22)27-13-14-30-20-31-19-29(12-10-24(31)9-11-28(30)18-27)26-8-6-23(17-26)15-21(2)3/h5-8,10,12-14,18-19,21H,4,9,11,15-17,20H2,1-3H3. The van der Waals surface area contributed by atoms with Crippen LogP contribution in [-0.2, 0) is 19.3 Å². The quantitative estimate of drug-likeness (QED) is 0.469. The molecule has 0 fully saturated rings. The molecule has 0 aliphatic heterocycles. The van der Waals surface area contributed by atoms with Gasteiger partial charge in [-0.05, 0) is 95.4 Å². The van der Waals surface area contributed by atoms with Gasteiger partial charge < -0.3 is 0 Å². The average Bonchev–Trinajstić information content (AvgIpc) is 3.39. The Bertz CT molecular complexity index is 1130. The fourth-order valence-electron chi connectivity index (χ4n) is 5.41. The molecule has 0 radical (unpaired) electrons. The molecule has 3 aliphatic rings. The van der Waals surface area contributed by atoms with Crippen molar-refractivity contribution in [2.24, 2.45) is 5.92 Å². The van der Waals surface area contributed by atoms with Crippen molar-refractivity contribution in [1.82, 2.24) is 0 Å². The van der Waals surface area contributed by atoms with E-state index in [2.05, 4.69) is 81.5 Å². The van der Waals surface area contributed by atoms with Crippen molar-refractivity contribution in [3.8, 4) is 0 Å². The lowest BCUT2D eigenvalue weighted by atomic mass is 9.92. The van der Waals surface area contributed by atoms with Gasteiger partial charge in [0.25, 0.3) is 0 Å². The number of hydrogen-bond donors (Lipinski definition) is 0. The molecule has 0 spiro atoms. The summed E-state index contributed by atoms with van der Waals surface area (Å²) >= 11 is 0. The lowest BCUT2D eigenvalue weighted by molar-refractivity contribution is 0.638. The van der Waals surface area contributed by atoms with Crippen LogP contribution in [0.4, 0.5) is 0 Å². The largest absolute Gasteiger partial charge is 0.0661 e. The van der Waals surface area contributed by atoms with E-state index in [0.717, 1.165) is 44.4 Å². The third kappa shape index (κ3) is 4.26. The van der Waals surface area contributed by atoms with Crippen LogP contribution in [0.2, 0.25) is 0 Å². The molecule has 0 saturated carbocycles. The minimum atomic E-state index is 0.733.